The normalized spacial score (nSPS) is 24.9. The van der Waals surface area contributed by atoms with E-state index in [1.807, 2.05) is 0 Å². The molecule has 1 aliphatic rings. The van der Waals surface area contributed by atoms with Crippen molar-refractivity contribution >= 4 is 5.97 Å². The van der Waals surface area contributed by atoms with Gasteiger partial charge in [-0.15, -0.1) is 0 Å². The van der Waals surface area contributed by atoms with Crippen LogP contribution in [0.3, 0.4) is 0 Å². The molecular weight excluding hydrogens is 196 g/mol. The minimum Gasteiger partial charge on any atom is -0.464 e. The molecule has 0 aromatic heterocycles. The van der Waals surface area contributed by atoms with Crippen LogP contribution in [0.2, 0.25) is 0 Å². The number of hydrogen-bond acceptors (Lipinski definition) is 4. The van der Waals surface area contributed by atoms with Gasteiger partial charge in [-0.25, -0.2) is 4.79 Å². The topological polar surface area (TPSA) is 44.8 Å². The minimum atomic E-state index is -0.674. The monoisotopic (exact) mass is 216 g/mol. The molecule has 0 aromatic rings. The lowest BCUT2D eigenvalue weighted by molar-refractivity contribution is -0.273. The van der Waals surface area contributed by atoms with Crippen LogP contribution >= 0.6 is 0 Å². The van der Waals surface area contributed by atoms with Gasteiger partial charge in [-0.2, -0.15) is 0 Å². The summed E-state index contributed by atoms with van der Waals surface area (Å²) in [5.41, 5.74) is 0. The summed E-state index contributed by atoms with van der Waals surface area (Å²) in [6.45, 7) is 6.69. The van der Waals surface area contributed by atoms with Crippen LogP contribution in [0.15, 0.2) is 0 Å². The predicted octanol–water partition coefficient (Wildman–Crippen LogP) is 1.87. The fourth-order valence-corrected chi connectivity index (χ4v) is 1.42. The maximum Gasteiger partial charge on any atom is 0.335 e. The molecule has 0 radical (unpaired) electrons. The molecule has 1 atom stereocenters. The van der Waals surface area contributed by atoms with Gasteiger partial charge in [0.15, 0.2) is 11.9 Å². The zero-order valence-corrected chi connectivity index (χ0v) is 9.75. The van der Waals surface area contributed by atoms with Crippen LogP contribution in [-0.4, -0.2) is 31.1 Å². The van der Waals surface area contributed by atoms with Gasteiger partial charge in [0.25, 0.3) is 0 Å². The minimum absolute atomic E-state index is 0.264. The molecule has 0 aliphatic carbocycles. The van der Waals surface area contributed by atoms with Gasteiger partial charge in [0.2, 0.25) is 0 Å². The maximum atomic E-state index is 11.6. The Labute approximate surface area is 90.9 Å². The molecule has 4 heteroatoms. The fourth-order valence-electron chi connectivity index (χ4n) is 1.42. The molecule has 0 N–H and O–H groups in total. The van der Waals surface area contributed by atoms with E-state index in [1.54, 1.807) is 13.8 Å². The number of esters is 1. The highest BCUT2D eigenvalue weighted by atomic mass is 16.7. The van der Waals surface area contributed by atoms with Crippen LogP contribution in [0.5, 0.6) is 0 Å². The second-order valence-corrected chi connectivity index (χ2v) is 4.16. The number of carbonyl (C=O) groups excluding carboxylic acids is 1. The summed E-state index contributed by atoms with van der Waals surface area (Å²) in [5.74, 6) is -0.938. The second-order valence-electron chi connectivity index (χ2n) is 4.16. The SMILES string of the molecule is CCCCOC(=O)C1CCOC(C)(C)O1. The Morgan fingerprint density at radius 2 is 2.27 bits per heavy atom. The second kappa shape index (κ2) is 5.47. The molecule has 1 unspecified atom stereocenters. The molecule has 15 heavy (non-hydrogen) atoms. The van der Waals surface area contributed by atoms with Crippen LogP contribution in [-0.2, 0) is 19.0 Å². The Morgan fingerprint density at radius 3 is 2.87 bits per heavy atom. The van der Waals surface area contributed by atoms with Crippen molar-refractivity contribution < 1.29 is 19.0 Å². The van der Waals surface area contributed by atoms with E-state index in [4.69, 9.17) is 14.2 Å². The molecule has 1 heterocycles. The van der Waals surface area contributed by atoms with Gasteiger partial charge in [-0.05, 0) is 20.3 Å². The van der Waals surface area contributed by atoms with E-state index in [1.165, 1.54) is 0 Å². The smallest absolute Gasteiger partial charge is 0.335 e. The van der Waals surface area contributed by atoms with E-state index < -0.39 is 11.9 Å². The quantitative estimate of drug-likeness (QED) is 0.531. The molecule has 1 saturated heterocycles. The average molecular weight is 216 g/mol. The fraction of sp³-hybridized carbons (Fsp3) is 0.909. The Bertz CT molecular complexity index is 213. The third-order valence-corrected chi connectivity index (χ3v) is 2.26. The summed E-state index contributed by atoms with van der Waals surface area (Å²) in [6.07, 6.45) is 2.03. The van der Waals surface area contributed by atoms with E-state index in [2.05, 4.69) is 6.92 Å². The van der Waals surface area contributed by atoms with E-state index in [0.717, 1.165) is 12.8 Å². The Kier molecular flexibility index (Phi) is 4.54. The highest BCUT2D eigenvalue weighted by Gasteiger charge is 2.34. The number of hydrogen-bond donors (Lipinski definition) is 0. The lowest BCUT2D eigenvalue weighted by atomic mass is 10.2. The zero-order chi connectivity index (χ0) is 11.3. The highest BCUT2D eigenvalue weighted by molar-refractivity contribution is 5.74. The summed E-state index contributed by atoms with van der Waals surface area (Å²) in [4.78, 5) is 11.6. The van der Waals surface area contributed by atoms with Crippen molar-refractivity contribution in [2.45, 2.75) is 51.9 Å². The molecule has 1 aliphatic heterocycles. The Balaban J connectivity index is 2.32. The van der Waals surface area contributed by atoms with Crippen LogP contribution < -0.4 is 0 Å². The maximum absolute atomic E-state index is 11.6. The van der Waals surface area contributed by atoms with Gasteiger partial charge in [-0.1, -0.05) is 13.3 Å². The summed E-state index contributed by atoms with van der Waals surface area (Å²) < 4.78 is 15.9. The molecule has 88 valence electrons. The van der Waals surface area contributed by atoms with Gasteiger partial charge in [-0.3, -0.25) is 0 Å². The first-order valence-electron chi connectivity index (χ1n) is 5.53. The molecular formula is C11H20O4. The van der Waals surface area contributed by atoms with Crippen molar-refractivity contribution in [3.8, 4) is 0 Å². The first-order chi connectivity index (χ1) is 7.05. The highest BCUT2D eigenvalue weighted by Crippen LogP contribution is 2.22. The van der Waals surface area contributed by atoms with E-state index in [0.29, 0.717) is 19.6 Å². The van der Waals surface area contributed by atoms with Gasteiger partial charge >= 0.3 is 5.97 Å². The van der Waals surface area contributed by atoms with Crippen LogP contribution in [0.4, 0.5) is 0 Å². The van der Waals surface area contributed by atoms with Gasteiger partial charge < -0.3 is 14.2 Å². The number of unbranched alkanes of at least 4 members (excludes halogenated alkanes) is 1. The van der Waals surface area contributed by atoms with Crippen LogP contribution in [0.1, 0.15) is 40.0 Å². The number of ether oxygens (including phenoxy) is 3. The molecule has 1 rings (SSSR count). The molecule has 4 nitrogen and oxygen atoms in total. The lowest BCUT2D eigenvalue weighted by Crippen LogP contribution is -2.44. The first kappa shape index (κ1) is 12.5. The predicted molar refractivity (Wildman–Crippen MR) is 55.4 cm³/mol. The van der Waals surface area contributed by atoms with Gasteiger partial charge in [0.05, 0.1) is 13.2 Å². The van der Waals surface area contributed by atoms with Gasteiger partial charge in [0, 0.05) is 6.42 Å². The number of rotatable bonds is 4. The van der Waals surface area contributed by atoms with Crippen molar-refractivity contribution in [2.75, 3.05) is 13.2 Å². The van der Waals surface area contributed by atoms with E-state index in [-0.39, 0.29) is 5.97 Å². The lowest BCUT2D eigenvalue weighted by Gasteiger charge is -2.34. The molecule has 0 saturated carbocycles. The molecule has 1 fully saturated rings. The van der Waals surface area contributed by atoms with Crippen LogP contribution in [0.25, 0.3) is 0 Å². The van der Waals surface area contributed by atoms with Crippen molar-refractivity contribution in [1.82, 2.24) is 0 Å². The molecule has 0 bridgehead atoms. The summed E-state index contributed by atoms with van der Waals surface area (Å²) in [7, 11) is 0. The third kappa shape index (κ3) is 4.18. The molecule has 0 amide bonds. The van der Waals surface area contributed by atoms with E-state index in [9.17, 15) is 4.79 Å². The standard InChI is InChI=1S/C11H20O4/c1-4-5-7-13-10(12)9-6-8-14-11(2,3)15-9/h9H,4-8H2,1-3H3. The van der Waals surface area contributed by atoms with Crippen molar-refractivity contribution in [1.29, 1.82) is 0 Å². The van der Waals surface area contributed by atoms with Crippen molar-refractivity contribution in [2.24, 2.45) is 0 Å². The number of carbonyl (C=O) groups is 1. The molecule has 0 aromatic carbocycles. The van der Waals surface area contributed by atoms with Gasteiger partial charge in [0.1, 0.15) is 0 Å². The Morgan fingerprint density at radius 1 is 1.53 bits per heavy atom. The third-order valence-electron chi connectivity index (χ3n) is 2.26. The largest absolute Gasteiger partial charge is 0.464 e. The van der Waals surface area contributed by atoms with E-state index >= 15 is 0 Å². The Hall–Kier alpha value is -0.610. The zero-order valence-electron chi connectivity index (χ0n) is 9.75. The summed E-state index contributed by atoms with van der Waals surface area (Å²) >= 11 is 0. The summed E-state index contributed by atoms with van der Waals surface area (Å²) in [6, 6.07) is 0. The van der Waals surface area contributed by atoms with Crippen molar-refractivity contribution in [3.63, 3.8) is 0 Å². The molecule has 0 spiro atoms. The first-order valence-corrected chi connectivity index (χ1v) is 5.53. The average Bonchev–Trinajstić information content (AvgIpc) is 2.16. The van der Waals surface area contributed by atoms with Crippen LogP contribution in [0, 0.1) is 0 Å². The summed E-state index contributed by atoms with van der Waals surface area (Å²) in [5, 5.41) is 0. The van der Waals surface area contributed by atoms with Crippen molar-refractivity contribution in [3.05, 3.63) is 0 Å².